The second kappa shape index (κ2) is 5.95. The molecule has 5 aromatic rings. The van der Waals surface area contributed by atoms with Gasteiger partial charge in [-0.1, -0.05) is 54.2 Å². The smallest absolute Gasteiger partial charge is 0.180 e. The Labute approximate surface area is 164 Å². The first-order valence-electron chi connectivity index (χ1n) is 8.90. The minimum atomic E-state index is -0.103. The zero-order valence-corrected chi connectivity index (χ0v) is 16.0. The zero-order chi connectivity index (χ0) is 17.8. The number of hydrogen-bond donors (Lipinski definition) is 0. The van der Waals surface area contributed by atoms with Crippen LogP contribution in [0.1, 0.15) is 0 Å². The van der Waals surface area contributed by atoms with Gasteiger partial charge in [0.15, 0.2) is 14.7 Å². The first kappa shape index (κ1) is 15.4. The van der Waals surface area contributed by atoms with Crippen molar-refractivity contribution in [1.29, 1.82) is 0 Å². The Morgan fingerprint density at radius 2 is 1.22 bits per heavy atom. The average molecular weight is 384 g/mol. The molecule has 0 fully saturated rings. The molecule has 1 nitrogen and oxygen atoms in total. The van der Waals surface area contributed by atoms with Crippen LogP contribution in [0.5, 0.6) is 0 Å². The monoisotopic (exact) mass is 383 g/mol. The van der Waals surface area contributed by atoms with Crippen LogP contribution in [0.25, 0.3) is 21.9 Å². The molecule has 0 spiro atoms. The maximum absolute atomic E-state index is 6.03. The molecule has 3 heteroatoms. The van der Waals surface area contributed by atoms with E-state index in [0.717, 1.165) is 11.2 Å². The normalized spacial score (nSPS) is 13.6. The standard InChI is InChI=1S/C24H15OS2/c1-2-8-19-17(7-1)18-15-16(13-14-20(18)25-19)27-23-11-5-3-9-21(23)26-22-10-4-6-12-24(22)27/h1-15H/q+1. The molecule has 1 aromatic heterocycles. The molecule has 0 saturated carbocycles. The number of fused-ring (bicyclic) bond motifs is 5. The maximum Gasteiger partial charge on any atom is 0.180 e. The molecule has 6 rings (SSSR count). The van der Waals surface area contributed by atoms with Crippen LogP contribution < -0.4 is 0 Å². The zero-order valence-electron chi connectivity index (χ0n) is 14.4. The molecule has 0 amide bonds. The van der Waals surface area contributed by atoms with Crippen molar-refractivity contribution >= 4 is 44.6 Å². The van der Waals surface area contributed by atoms with Crippen molar-refractivity contribution in [3.05, 3.63) is 91.0 Å². The van der Waals surface area contributed by atoms with E-state index >= 15 is 0 Å². The van der Waals surface area contributed by atoms with E-state index in [2.05, 4.69) is 78.9 Å². The third-order valence-corrected chi connectivity index (χ3v) is 8.67. The molecule has 1 aliphatic heterocycles. The van der Waals surface area contributed by atoms with Crippen molar-refractivity contribution in [2.45, 2.75) is 24.5 Å². The number of furan rings is 1. The number of rotatable bonds is 1. The summed E-state index contributed by atoms with van der Waals surface area (Å²) >= 11 is 1.88. The highest BCUT2D eigenvalue weighted by molar-refractivity contribution is 8.04. The van der Waals surface area contributed by atoms with Crippen molar-refractivity contribution in [1.82, 2.24) is 0 Å². The lowest BCUT2D eigenvalue weighted by atomic mass is 10.1. The molecule has 0 atom stereocenters. The van der Waals surface area contributed by atoms with E-state index in [1.54, 1.807) is 0 Å². The van der Waals surface area contributed by atoms with Crippen LogP contribution in [0.2, 0.25) is 0 Å². The Kier molecular flexibility index (Phi) is 3.40. The van der Waals surface area contributed by atoms with Gasteiger partial charge in [-0.25, -0.2) is 0 Å². The van der Waals surface area contributed by atoms with Gasteiger partial charge in [0.2, 0.25) is 0 Å². The first-order chi connectivity index (χ1) is 13.4. The van der Waals surface area contributed by atoms with Crippen LogP contribution in [-0.4, -0.2) is 0 Å². The summed E-state index contributed by atoms with van der Waals surface area (Å²) in [6.45, 7) is 0. The molecule has 27 heavy (non-hydrogen) atoms. The van der Waals surface area contributed by atoms with E-state index in [0.29, 0.717) is 0 Å². The SMILES string of the molecule is c1ccc2c(c1)Sc1ccccc1[S+]2c1ccc2oc3ccccc3c2c1. The van der Waals surface area contributed by atoms with Gasteiger partial charge in [-0.15, -0.1) is 0 Å². The summed E-state index contributed by atoms with van der Waals surface area (Å²) in [5, 5.41) is 2.38. The molecule has 2 heterocycles. The van der Waals surface area contributed by atoms with E-state index in [4.69, 9.17) is 4.42 Å². The van der Waals surface area contributed by atoms with Crippen LogP contribution in [0.3, 0.4) is 0 Å². The highest BCUT2D eigenvalue weighted by atomic mass is 32.2. The summed E-state index contributed by atoms with van der Waals surface area (Å²) in [5.41, 5.74) is 1.91. The third kappa shape index (κ3) is 2.35. The molecule has 0 unspecified atom stereocenters. The Morgan fingerprint density at radius 3 is 2.00 bits per heavy atom. The summed E-state index contributed by atoms with van der Waals surface area (Å²) in [6.07, 6.45) is 0. The van der Waals surface area contributed by atoms with Crippen molar-refractivity contribution < 1.29 is 4.42 Å². The second-order valence-corrected chi connectivity index (χ2v) is 9.61. The lowest BCUT2D eigenvalue weighted by molar-refractivity contribution is 0.668. The molecule has 128 valence electrons. The minimum Gasteiger partial charge on any atom is -0.456 e. The minimum absolute atomic E-state index is 0.103. The number of para-hydroxylation sites is 1. The second-order valence-electron chi connectivity index (χ2n) is 6.56. The predicted octanol–water partition coefficient (Wildman–Crippen LogP) is 7.15. The molecule has 0 saturated heterocycles. The van der Waals surface area contributed by atoms with Crippen molar-refractivity contribution in [3.8, 4) is 0 Å². The summed E-state index contributed by atoms with van der Waals surface area (Å²) in [5.74, 6) is 0. The van der Waals surface area contributed by atoms with E-state index < -0.39 is 0 Å². The van der Waals surface area contributed by atoms with Crippen LogP contribution >= 0.6 is 11.8 Å². The van der Waals surface area contributed by atoms with Gasteiger partial charge < -0.3 is 4.42 Å². The molecule has 0 bridgehead atoms. The Bertz CT molecular complexity index is 1270. The lowest BCUT2D eigenvalue weighted by Crippen LogP contribution is -2.10. The lowest BCUT2D eigenvalue weighted by Gasteiger charge is -2.18. The molecule has 0 aliphatic carbocycles. The van der Waals surface area contributed by atoms with Gasteiger partial charge in [0.1, 0.15) is 22.1 Å². The summed E-state index contributed by atoms with van der Waals surface area (Å²) in [7, 11) is -0.103. The van der Waals surface area contributed by atoms with Crippen molar-refractivity contribution in [2.24, 2.45) is 0 Å². The van der Waals surface area contributed by atoms with E-state index in [1.165, 1.54) is 35.2 Å². The van der Waals surface area contributed by atoms with Crippen molar-refractivity contribution in [2.75, 3.05) is 0 Å². The summed E-state index contributed by atoms with van der Waals surface area (Å²) in [6, 6.07) is 32.6. The van der Waals surface area contributed by atoms with E-state index in [9.17, 15) is 0 Å². The Balaban J connectivity index is 1.63. The van der Waals surface area contributed by atoms with Crippen LogP contribution in [-0.2, 0) is 10.9 Å². The fraction of sp³-hybridized carbons (Fsp3) is 0. The average Bonchev–Trinajstić information content (AvgIpc) is 3.10. The van der Waals surface area contributed by atoms with Gasteiger partial charge in [-0.05, 0) is 42.5 Å². The molecular weight excluding hydrogens is 368 g/mol. The molecule has 4 aromatic carbocycles. The van der Waals surface area contributed by atoms with Gasteiger partial charge in [0, 0.05) is 16.8 Å². The van der Waals surface area contributed by atoms with Crippen LogP contribution in [0.15, 0.2) is 120 Å². The highest BCUT2D eigenvalue weighted by Crippen LogP contribution is 2.48. The first-order valence-corrected chi connectivity index (χ1v) is 10.9. The fourth-order valence-electron chi connectivity index (χ4n) is 3.73. The van der Waals surface area contributed by atoms with Gasteiger partial charge in [-0.2, -0.15) is 0 Å². The Morgan fingerprint density at radius 1 is 0.593 bits per heavy atom. The highest BCUT2D eigenvalue weighted by Gasteiger charge is 2.38. The summed E-state index contributed by atoms with van der Waals surface area (Å²) < 4.78 is 6.03. The number of benzene rings is 4. The van der Waals surface area contributed by atoms with Gasteiger partial charge >= 0.3 is 0 Å². The summed E-state index contributed by atoms with van der Waals surface area (Å²) in [4.78, 5) is 6.88. The third-order valence-electron chi connectivity index (χ3n) is 4.94. The van der Waals surface area contributed by atoms with E-state index in [1.807, 2.05) is 23.9 Å². The van der Waals surface area contributed by atoms with Gasteiger partial charge in [-0.3, -0.25) is 0 Å². The Hall–Kier alpha value is -2.62. The van der Waals surface area contributed by atoms with Crippen LogP contribution in [0.4, 0.5) is 0 Å². The quantitative estimate of drug-likeness (QED) is 0.280. The van der Waals surface area contributed by atoms with Crippen LogP contribution in [0, 0.1) is 0 Å². The maximum atomic E-state index is 6.03. The van der Waals surface area contributed by atoms with E-state index in [-0.39, 0.29) is 10.9 Å². The fourth-order valence-corrected chi connectivity index (χ4v) is 7.50. The number of hydrogen-bond acceptors (Lipinski definition) is 2. The molecule has 0 N–H and O–H groups in total. The topological polar surface area (TPSA) is 13.1 Å². The molecule has 0 radical (unpaired) electrons. The van der Waals surface area contributed by atoms with Gasteiger partial charge in [0.05, 0.1) is 9.79 Å². The predicted molar refractivity (Wildman–Crippen MR) is 113 cm³/mol. The largest absolute Gasteiger partial charge is 0.456 e. The molecule has 1 aliphatic rings. The van der Waals surface area contributed by atoms with Gasteiger partial charge in [0.25, 0.3) is 0 Å². The van der Waals surface area contributed by atoms with Crippen molar-refractivity contribution in [3.63, 3.8) is 0 Å². The molecular formula is C24H15OS2+.